The molecule has 132 valence electrons. The first-order valence-corrected chi connectivity index (χ1v) is 9.53. The van der Waals surface area contributed by atoms with Crippen molar-refractivity contribution in [2.45, 2.75) is 38.3 Å². The fourth-order valence-corrected chi connectivity index (χ4v) is 4.56. The van der Waals surface area contributed by atoms with Crippen LogP contribution >= 0.6 is 11.3 Å². The molecule has 6 nitrogen and oxygen atoms in total. The third-order valence-corrected chi connectivity index (χ3v) is 5.86. The fourth-order valence-electron chi connectivity index (χ4n) is 3.43. The molecule has 1 aliphatic heterocycles. The Morgan fingerprint density at radius 2 is 1.96 bits per heavy atom. The number of rotatable bonds is 4. The zero-order valence-corrected chi connectivity index (χ0v) is 15.0. The van der Waals surface area contributed by atoms with Gasteiger partial charge in [-0.1, -0.05) is 48.6 Å². The van der Waals surface area contributed by atoms with Crippen molar-refractivity contribution in [3.8, 4) is 5.88 Å². The van der Waals surface area contributed by atoms with Gasteiger partial charge >= 0.3 is 0 Å². The smallest absolute Gasteiger partial charge is 0.230 e. The summed E-state index contributed by atoms with van der Waals surface area (Å²) in [5.74, 6) is 0.914. The van der Waals surface area contributed by atoms with Crippen LogP contribution in [-0.2, 0) is 6.42 Å². The highest BCUT2D eigenvalue weighted by Crippen LogP contribution is 2.40. The van der Waals surface area contributed by atoms with E-state index in [-0.39, 0.29) is 18.0 Å². The molecule has 0 spiro atoms. The lowest BCUT2D eigenvalue weighted by molar-refractivity contribution is 0.0689. The van der Waals surface area contributed by atoms with Crippen LogP contribution in [0.3, 0.4) is 0 Å². The molecule has 0 amide bonds. The van der Waals surface area contributed by atoms with Gasteiger partial charge in [-0.2, -0.15) is 4.52 Å². The van der Waals surface area contributed by atoms with Crippen LogP contribution in [0.15, 0.2) is 30.3 Å². The summed E-state index contributed by atoms with van der Waals surface area (Å²) >= 11 is 1.49. The average molecular weight is 358 g/mol. The molecule has 0 unspecified atom stereocenters. The van der Waals surface area contributed by atoms with Crippen molar-refractivity contribution in [3.05, 3.63) is 46.6 Å². The Morgan fingerprint density at radius 3 is 2.60 bits per heavy atom. The Balaban J connectivity index is 1.78. The van der Waals surface area contributed by atoms with Gasteiger partial charge in [0, 0.05) is 19.5 Å². The molecule has 1 fully saturated rings. The van der Waals surface area contributed by atoms with Gasteiger partial charge in [0.1, 0.15) is 0 Å². The van der Waals surface area contributed by atoms with Crippen LogP contribution in [0.25, 0.3) is 4.96 Å². The van der Waals surface area contributed by atoms with E-state index < -0.39 is 0 Å². The topological polar surface area (TPSA) is 73.9 Å². The number of aromatic nitrogens is 3. The number of benzene rings is 1. The molecule has 1 aliphatic rings. The highest BCUT2D eigenvalue weighted by Gasteiger charge is 2.31. The normalized spacial score (nSPS) is 18.0. The van der Waals surface area contributed by atoms with Gasteiger partial charge < -0.3 is 10.2 Å². The minimum atomic E-state index is -0.226. The van der Waals surface area contributed by atoms with Gasteiger partial charge in [0.05, 0.1) is 17.0 Å². The molecule has 0 radical (unpaired) electrons. The molecule has 3 aromatic rings. The molecule has 1 aromatic carbocycles. The summed E-state index contributed by atoms with van der Waals surface area (Å²) in [6, 6.07) is 10.2. The number of thiazole rings is 1. The van der Waals surface area contributed by atoms with Crippen molar-refractivity contribution < 1.29 is 10.2 Å². The van der Waals surface area contributed by atoms with Crippen LogP contribution in [0.4, 0.5) is 0 Å². The standard InChI is InChI=1S/C18H22N4O2S/c1-2-14-19-18-22(20-14)17(24)16(25-18)15(12-6-4-3-5-7-12)21-10-8-13(23)9-11-21/h3-7,13,15,23-24H,2,8-11H2,1H3/t15-/m1/s1. The number of aromatic hydroxyl groups is 1. The van der Waals surface area contributed by atoms with E-state index in [0.29, 0.717) is 0 Å². The maximum Gasteiger partial charge on any atom is 0.230 e. The van der Waals surface area contributed by atoms with E-state index >= 15 is 0 Å². The minimum absolute atomic E-state index is 0.0488. The predicted molar refractivity (Wildman–Crippen MR) is 97.0 cm³/mol. The number of aliphatic hydroxyl groups excluding tert-OH is 1. The van der Waals surface area contributed by atoms with E-state index in [1.807, 2.05) is 25.1 Å². The molecular formula is C18H22N4O2S. The second-order valence-corrected chi connectivity index (χ2v) is 7.46. The SMILES string of the molecule is CCc1nc2sc([C@@H](c3ccccc3)N3CCC(O)CC3)c(O)n2n1. The van der Waals surface area contributed by atoms with Gasteiger partial charge in [-0.3, -0.25) is 4.90 Å². The van der Waals surface area contributed by atoms with Crippen molar-refractivity contribution in [1.82, 2.24) is 19.5 Å². The maximum absolute atomic E-state index is 10.8. The number of fused-ring (bicyclic) bond motifs is 1. The monoisotopic (exact) mass is 358 g/mol. The van der Waals surface area contributed by atoms with Gasteiger partial charge in [0.2, 0.25) is 10.8 Å². The lowest BCUT2D eigenvalue weighted by Gasteiger charge is -2.36. The lowest BCUT2D eigenvalue weighted by atomic mass is 9.99. The number of hydrogen-bond acceptors (Lipinski definition) is 6. The second-order valence-electron chi connectivity index (χ2n) is 6.45. The van der Waals surface area contributed by atoms with Gasteiger partial charge in [-0.25, -0.2) is 4.98 Å². The number of hydrogen-bond donors (Lipinski definition) is 2. The Hall–Kier alpha value is -1.96. The average Bonchev–Trinajstić information content (AvgIpc) is 3.18. The summed E-state index contributed by atoms with van der Waals surface area (Å²) in [5, 5.41) is 25.0. The molecule has 1 saturated heterocycles. The maximum atomic E-state index is 10.8. The summed E-state index contributed by atoms with van der Waals surface area (Å²) in [6.07, 6.45) is 2.03. The van der Waals surface area contributed by atoms with E-state index in [4.69, 9.17) is 0 Å². The summed E-state index contributed by atoms with van der Waals surface area (Å²) in [5.41, 5.74) is 1.13. The van der Waals surface area contributed by atoms with E-state index in [0.717, 1.165) is 53.6 Å². The first-order valence-electron chi connectivity index (χ1n) is 8.71. The van der Waals surface area contributed by atoms with Gasteiger partial charge in [-0.05, 0) is 18.4 Å². The summed E-state index contributed by atoms with van der Waals surface area (Å²) in [4.78, 5) is 8.41. The van der Waals surface area contributed by atoms with E-state index in [1.54, 1.807) is 4.52 Å². The quantitative estimate of drug-likeness (QED) is 0.750. The molecule has 0 bridgehead atoms. The summed E-state index contributed by atoms with van der Waals surface area (Å²) in [6.45, 7) is 3.60. The lowest BCUT2D eigenvalue weighted by Crippen LogP contribution is -2.38. The molecular weight excluding hydrogens is 336 g/mol. The van der Waals surface area contributed by atoms with Crippen molar-refractivity contribution >= 4 is 16.3 Å². The zero-order chi connectivity index (χ0) is 17.4. The van der Waals surface area contributed by atoms with Crippen LogP contribution in [0.5, 0.6) is 5.88 Å². The number of aryl methyl sites for hydroxylation is 1. The Labute approximate surface area is 150 Å². The molecule has 0 aliphatic carbocycles. The second kappa shape index (κ2) is 6.74. The van der Waals surface area contributed by atoms with E-state index in [2.05, 4.69) is 27.1 Å². The molecule has 2 aromatic heterocycles. The third-order valence-electron chi connectivity index (χ3n) is 4.79. The van der Waals surface area contributed by atoms with E-state index in [9.17, 15) is 10.2 Å². The van der Waals surface area contributed by atoms with Crippen molar-refractivity contribution in [2.24, 2.45) is 0 Å². The highest BCUT2D eigenvalue weighted by molar-refractivity contribution is 7.17. The van der Waals surface area contributed by atoms with Gasteiger partial charge in [0.25, 0.3) is 0 Å². The Morgan fingerprint density at radius 1 is 1.24 bits per heavy atom. The first-order chi connectivity index (χ1) is 12.2. The van der Waals surface area contributed by atoms with Crippen molar-refractivity contribution in [1.29, 1.82) is 0 Å². The summed E-state index contributed by atoms with van der Waals surface area (Å²) in [7, 11) is 0. The van der Waals surface area contributed by atoms with Crippen LogP contribution < -0.4 is 0 Å². The number of likely N-dealkylation sites (tertiary alicyclic amines) is 1. The largest absolute Gasteiger partial charge is 0.492 e. The molecule has 2 N–H and O–H groups in total. The van der Waals surface area contributed by atoms with Gasteiger partial charge in [-0.15, -0.1) is 5.10 Å². The zero-order valence-electron chi connectivity index (χ0n) is 14.2. The highest BCUT2D eigenvalue weighted by atomic mass is 32.1. The van der Waals surface area contributed by atoms with Crippen LogP contribution in [0.2, 0.25) is 0 Å². The molecule has 0 saturated carbocycles. The van der Waals surface area contributed by atoms with Crippen LogP contribution in [-0.4, -0.2) is 48.9 Å². The summed E-state index contributed by atoms with van der Waals surface area (Å²) < 4.78 is 1.55. The van der Waals surface area contributed by atoms with Crippen molar-refractivity contribution in [2.75, 3.05) is 13.1 Å². The third kappa shape index (κ3) is 3.03. The Bertz CT molecular complexity index is 853. The molecule has 4 rings (SSSR count). The minimum Gasteiger partial charge on any atom is -0.492 e. The molecule has 25 heavy (non-hydrogen) atoms. The number of nitrogens with zero attached hydrogens (tertiary/aromatic N) is 4. The van der Waals surface area contributed by atoms with Gasteiger partial charge in [0.15, 0.2) is 5.82 Å². The molecule has 3 heterocycles. The van der Waals surface area contributed by atoms with Crippen LogP contribution in [0, 0.1) is 0 Å². The van der Waals surface area contributed by atoms with Crippen molar-refractivity contribution in [3.63, 3.8) is 0 Å². The number of piperidine rings is 1. The fraction of sp³-hybridized carbons (Fsp3) is 0.444. The van der Waals surface area contributed by atoms with Crippen LogP contribution in [0.1, 0.15) is 42.1 Å². The molecule has 7 heteroatoms. The predicted octanol–water partition coefficient (Wildman–Crippen LogP) is 2.60. The Kier molecular flexibility index (Phi) is 4.45. The van der Waals surface area contributed by atoms with E-state index in [1.165, 1.54) is 11.3 Å². The first kappa shape index (κ1) is 16.5. The molecule has 1 atom stereocenters. The number of aliphatic hydroxyl groups is 1.